The minimum Gasteiger partial charge on any atom is -0.462 e. The molecule has 1 saturated heterocycles. The molecule has 1 aliphatic heterocycles. The number of hydrogen-bond donors (Lipinski definition) is 2. The van der Waals surface area contributed by atoms with Crippen LogP contribution in [0.25, 0.3) is 11.1 Å². The highest BCUT2D eigenvalue weighted by Gasteiger charge is 2.23. The van der Waals surface area contributed by atoms with Crippen molar-refractivity contribution in [2.45, 2.75) is 46.0 Å². The first-order valence-corrected chi connectivity index (χ1v) is 11.5. The first-order chi connectivity index (χ1) is 14.1. The number of carbonyl (C=O) groups is 2. The summed E-state index contributed by atoms with van der Waals surface area (Å²) >= 11 is 1.38. The second kappa shape index (κ2) is 10.6. The van der Waals surface area contributed by atoms with Crippen molar-refractivity contribution in [2.24, 2.45) is 0 Å². The molecule has 2 N–H and O–H groups in total. The SMILES string of the molecule is CCOC(=O)c1c(-c2ccc(C)cc2)csc1NC(=O)CC[NH+]1CCCCCC1. The minimum atomic E-state index is -0.391. The first kappa shape index (κ1) is 21.5. The maximum absolute atomic E-state index is 12.6. The molecule has 6 heteroatoms. The smallest absolute Gasteiger partial charge is 0.341 e. The van der Waals surface area contributed by atoms with Crippen molar-refractivity contribution >= 4 is 28.2 Å². The number of likely N-dealkylation sites (tertiary alicyclic amines) is 1. The molecule has 1 aromatic carbocycles. The van der Waals surface area contributed by atoms with E-state index in [1.807, 2.05) is 36.6 Å². The molecule has 0 saturated carbocycles. The zero-order valence-corrected chi connectivity index (χ0v) is 18.2. The van der Waals surface area contributed by atoms with Gasteiger partial charge in [-0.25, -0.2) is 4.79 Å². The van der Waals surface area contributed by atoms with Gasteiger partial charge in [0.1, 0.15) is 10.6 Å². The average Bonchev–Trinajstić information content (AvgIpc) is 2.94. The molecule has 0 spiro atoms. The summed E-state index contributed by atoms with van der Waals surface area (Å²) in [7, 11) is 0. The Kier molecular flexibility index (Phi) is 7.83. The fraction of sp³-hybridized carbons (Fsp3) is 0.478. The Morgan fingerprint density at radius 1 is 1.10 bits per heavy atom. The topological polar surface area (TPSA) is 59.8 Å². The number of carbonyl (C=O) groups excluding carboxylic acids is 2. The van der Waals surface area contributed by atoms with Crippen molar-refractivity contribution in [3.8, 4) is 11.1 Å². The number of quaternary nitrogens is 1. The van der Waals surface area contributed by atoms with E-state index in [1.54, 1.807) is 6.92 Å². The van der Waals surface area contributed by atoms with Crippen molar-refractivity contribution in [3.63, 3.8) is 0 Å². The van der Waals surface area contributed by atoms with Gasteiger partial charge in [-0.05, 0) is 45.1 Å². The van der Waals surface area contributed by atoms with Crippen LogP contribution in [0, 0.1) is 6.92 Å². The van der Waals surface area contributed by atoms with E-state index >= 15 is 0 Å². The van der Waals surface area contributed by atoms with Crippen molar-refractivity contribution in [2.75, 3.05) is 31.6 Å². The number of aryl methyl sites for hydroxylation is 1. The van der Waals surface area contributed by atoms with Gasteiger partial charge in [0.05, 0.1) is 32.7 Å². The summed E-state index contributed by atoms with van der Waals surface area (Å²) in [5.41, 5.74) is 3.37. The van der Waals surface area contributed by atoms with E-state index in [0.717, 1.165) is 36.3 Å². The van der Waals surface area contributed by atoms with Gasteiger partial charge in [-0.3, -0.25) is 4.79 Å². The second-order valence-electron chi connectivity index (χ2n) is 7.65. The van der Waals surface area contributed by atoms with E-state index < -0.39 is 5.97 Å². The normalized spacial score (nSPS) is 15.0. The highest BCUT2D eigenvalue weighted by atomic mass is 32.1. The number of ether oxygens (including phenoxy) is 1. The molecular formula is C23H31N2O3S+. The van der Waals surface area contributed by atoms with Crippen LogP contribution in [0.3, 0.4) is 0 Å². The van der Waals surface area contributed by atoms with E-state index in [4.69, 9.17) is 4.74 Å². The van der Waals surface area contributed by atoms with Gasteiger partial charge in [-0.1, -0.05) is 29.8 Å². The molecule has 2 heterocycles. The zero-order valence-electron chi connectivity index (χ0n) is 17.4. The third-order valence-corrected chi connectivity index (χ3v) is 6.30. The molecule has 1 fully saturated rings. The van der Waals surface area contributed by atoms with Crippen LogP contribution in [0.1, 0.15) is 54.9 Å². The Balaban J connectivity index is 1.73. The summed E-state index contributed by atoms with van der Waals surface area (Å²) < 4.78 is 5.28. The van der Waals surface area contributed by atoms with Gasteiger partial charge in [-0.15, -0.1) is 11.3 Å². The van der Waals surface area contributed by atoms with Crippen LogP contribution in [0.5, 0.6) is 0 Å². The van der Waals surface area contributed by atoms with Crippen molar-refractivity contribution in [1.82, 2.24) is 0 Å². The number of rotatable bonds is 7. The summed E-state index contributed by atoms with van der Waals surface area (Å²) in [4.78, 5) is 26.7. The molecule has 0 radical (unpaired) electrons. The molecule has 5 nitrogen and oxygen atoms in total. The van der Waals surface area contributed by atoms with Crippen LogP contribution < -0.4 is 10.2 Å². The number of nitrogens with one attached hydrogen (secondary N) is 2. The van der Waals surface area contributed by atoms with E-state index in [1.165, 1.54) is 41.9 Å². The lowest BCUT2D eigenvalue weighted by Crippen LogP contribution is -3.12. The molecule has 2 aromatic rings. The molecule has 0 unspecified atom stereocenters. The molecule has 156 valence electrons. The van der Waals surface area contributed by atoms with E-state index in [2.05, 4.69) is 5.32 Å². The van der Waals surface area contributed by atoms with Crippen molar-refractivity contribution in [3.05, 3.63) is 40.8 Å². The van der Waals surface area contributed by atoms with E-state index in [0.29, 0.717) is 23.6 Å². The zero-order chi connectivity index (χ0) is 20.6. The predicted molar refractivity (Wildman–Crippen MR) is 118 cm³/mol. The number of amides is 1. The fourth-order valence-electron chi connectivity index (χ4n) is 3.76. The van der Waals surface area contributed by atoms with Crippen molar-refractivity contribution < 1.29 is 19.2 Å². The third kappa shape index (κ3) is 5.90. The molecule has 3 rings (SSSR count). The Hall–Kier alpha value is -2.18. The Morgan fingerprint density at radius 3 is 2.45 bits per heavy atom. The maximum Gasteiger partial charge on any atom is 0.341 e. The summed E-state index contributed by atoms with van der Waals surface area (Å²) in [6.07, 6.45) is 5.56. The summed E-state index contributed by atoms with van der Waals surface area (Å²) in [5, 5.41) is 5.47. The van der Waals surface area contributed by atoms with Crippen LogP contribution >= 0.6 is 11.3 Å². The Bertz CT molecular complexity index is 821. The van der Waals surface area contributed by atoms with Gasteiger partial charge in [0, 0.05) is 10.9 Å². The van der Waals surface area contributed by atoms with E-state index in [-0.39, 0.29) is 5.91 Å². The number of anilines is 1. The molecule has 1 aliphatic rings. The van der Waals surface area contributed by atoms with E-state index in [9.17, 15) is 9.59 Å². The second-order valence-corrected chi connectivity index (χ2v) is 8.53. The summed E-state index contributed by atoms with van der Waals surface area (Å²) in [5.74, 6) is -0.428. The van der Waals surface area contributed by atoms with Crippen LogP contribution in [-0.2, 0) is 9.53 Å². The molecular weight excluding hydrogens is 384 g/mol. The van der Waals surface area contributed by atoms with Crippen LogP contribution in [-0.4, -0.2) is 38.1 Å². The number of thiophene rings is 1. The fourth-order valence-corrected chi connectivity index (χ4v) is 4.73. The largest absolute Gasteiger partial charge is 0.462 e. The van der Waals surface area contributed by atoms with Gasteiger partial charge < -0.3 is 15.0 Å². The van der Waals surface area contributed by atoms with Gasteiger partial charge in [0.15, 0.2) is 0 Å². The number of benzene rings is 1. The standard InChI is InChI=1S/C23H30N2O3S/c1-3-28-23(27)21-19(18-10-8-17(2)9-11-18)16-29-22(21)24-20(26)12-15-25-13-6-4-5-7-14-25/h8-11,16H,3-7,12-15H2,1-2H3,(H,24,26)/p+1. The first-order valence-electron chi connectivity index (χ1n) is 10.6. The van der Waals surface area contributed by atoms with Crippen LogP contribution in [0.4, 0.5) is 5.00 Å². The van der Waals surface area contributed by atoms with Gasteiger partial charge >= 0.3 is 5.97 Å². The number of hydrogen-bond acceptors (Lipinski definition) is 4. The quantitative estimate of drug-likeness (QED) is 0.678. The maximum atomic E-state index is 12.6. The van der Waals surface area contributed by atoms with Crippen molar-refractivity contribution in [1.29, 1.82) is 0 Å². The molecule has 29 heavy (non-hydrogen) atoms. The average molecular weight is 416 g/mol. The van der Waals surface area contributed by atoms with Crippen LogP contribution in [0.2, 0.25) is 0 Å². The lowest BCUT2D eigenvalue weighted by molar-refractivity contribution is -0.898. The summed E-state index contributed by atoms with van der Waals surface area (Å²) in [6, 6.07) is 8.02. The molecule has 0 atom stereocenters. The van der Waals surface area contributed by atoms with Gasteiger partial charge in [0.2, 0.25) is 5.91 Å². The molecule has 1 amide bonds. The molecule has 0 bridgehead atoms. The number of esters is 1. The Morgan fingerprint density at radius 2 is 1.79 bits per heavy atom. The van der Waals surface area contributed by atoms with Gasteiger partial charge in [-0.2, -0.15) is 0 Å². The third-order valence-electron chi connectivity index (χ3n) is 5.40. The molecule has 0 aliphatic carbocycles. The highest BCUT2D eigenvalue weighted by molar-refractivity contribution is 7.15. The Labute approximate surface area is 177 Å². The van der Waals surface area contributed by atoms with Crippen LogP contribution in [0.15, 0.2) is 29.6 Å². The minimum absolute atomic E-state index is 0.0374. The summed E-state index contributed by atoms with van der Waals surface area (Å²) in [6.45, 7) is 7.26. The lowest BCUT2D eigenvalue weighted by atomic mass is 10.0. The monoisotopic (exact) mass is 415 g/mol. The highest BCUT2D eigenvalue weighted by Crippen LogP contribution is 2.36. The molecule has 1 aromatic heterocycles. The predicted octanol–water partition coefficient (Wildman–Crippen LogP) is 3.69. The van der Waals surface area contributed by atoms with Gasteiger partial charge in [0.25, 0.3) is 0 Å². The lowest BCUT2D eigenvalue weighted by Gasteiger charge is -2.16.